The fourth-order valence-electron chi connectivity index (χ4n) is 4.93. The van der Waals surface area contributed by atoms with Crippen LogP contribution in [-0.2, 0) is 19.1 Å². The predicted octanol–water partition coefficient (Wildman–Crippen LogP) is 3.36. The highest BCUT2D eigenvalue weighted by Gasteiger charge is 2.46. The minimum Gasteiger partial charge on any atom is -0.507 e. The van der Waals surface area contributed by atoms with Crippen molar-refractivity contribution in [2.75, 3.05) is 40.4 Å². The van der Waals surface area contributed by atoms with E-state index in [1.807, 2.05) is 0 Å². The molecule has 1 aromatic heterocycles. The van der Waals surface area contributed by atoms with E-state index in [1.54, 1.807) is 38.1 Å². The summed E-state index contributed by atoms with van der Waals surface area (Å²) < 4.78 is 9.59. The number of rotatable bonds is 10. The highest BCUT2D eigenvalue weighted by Crippen LogP contribution is 2.41. The summed E-state index contributed by atoms with van der Waals surface area (Å²) in [4.78, 5) is 57.4. The minimum atomic E-state index is -0.881. The third-order valence-corrected chi connectivity index (χ3v) is 7.02. The van der Waals surface area contributed by atoms with Crippen LogP contribution in [0.15, 0.2) is 29.8 Å². The van der Waals surface area contributed by atoms with Crippen molar-refractivity contribution in [2.24, 2.45) is 0 Å². The Labute approximate surface area is 222 Å². The summed E-state index contributed by atoms with van der Waals surface area (Å²) in [6.07, 6.45) is 0.625. The summed E-state index contributed by atoms with van der Waals surface area (Å²) in [7, 11) is 2.53. The molecule has 10 nitrogen and oxygen atoms in total. The number of H-pyrrole nitrogens is 1. The van der Waals surface area contributed by atoms with Gasteiger partial charge in [-0.05, 0) is 63.2 Å². The Bertz CT molecular complexity index is 1260. The fourth-order valence-corrected chi connectivity index (χ4v) is 4.93. The topological polar surface area (TPSA) is 129 Å². The molecule has 2 heterocycles. The van der Waals surface area contributed by atoms with Crippen LogP contribution in [0.25, 0.3) is 5.76 Å². The second kappa shape index (κ2) is 12.1. The van der Waals surface area contributed by atoms with Crippen LogP contribution in [-0.4, -0.2) is 83.9 Å². The molecule has 0 bridgehead atoms. The van der Waals surface area contributed by atoms with E-state index in [2.05, 4.69) is 23.7 Å². The molecule has 204 valence electrons. The third-order valence-electron chi connectivity index (χ3n) is 7.02. The number of amides is 1. The minimum absolute atomic E-state index is 0.0785. The van der Waals surface area contributed by atoms with Crippen molar-refractivity contribution in [3.63, 3.8) is 0 Å². The first-order valence-corrected chi connectivity index (χ1v) is 12.6. The first-order chi connectivity index (χ1) is 18.1. The van der Waals surface area contributed by atoms with Gasteiger partial charge in [0.1, 0.15) is 11.5 Å². The quantitative estimate of drug-likeness (QED) is 0.209. The number of ether oxygens (including phenoxy) is 2. The van der Waals surface area contributed by atoms with Gasteiger partial charge in [-0.3, -0.25) is 9.59 Å². The molecular weight excluding hydrogens is 490 g/mol. The predicted molar refractivity (Wildman–Crippen MR) is 141 cm³/mol. The van der Waals surface area contributed by atoms with E-state index in [0.717, 1.165) is 19.6 Å². The molecule has 2 N–H and O–H groups in total. The number of aliphatic hydroxyl groups is 1. The number of hydrogen-bond donors (Lipinski definition) is 2. The zero-order chi connectivity index (χ0) is 28.1. The highest BCUT2D eigenvalue weighted by atomic mass is 16.5. The number of aromatic amines is 1. The van der Waals surface area contributed by atoms with Crippen LogP contribution in [0.1, 0.15) is 69.5 Å². The molecule has 1 amide bonds. The van der Waals surface area contributed by atoms with Crippen LogP contribution in [0, 0.1) is 13.8 Å². The second-order valence-corrected chi connectivity index (χ2v) is 9.10. The molecule has 38 heavy (non-hydrogen) atoms. The molecule has 2 aromatic rings. The van der Waals surface area contributed by atoms with Crippen LogP contribution in [0.5, 0.6) is 0 Å². The molecule has 1 aliphatic heterocycles. The van der Waals surface area contributed by atoms with E-state index in [-0.39, 0.29) is 22.6 Å². The van der Waals surface area contributed by atoms with Gasteiger partial charge in [-0.25, -0.2) is 9.59 Å². The Kier molecular flexibility index (Phi) is 9.11. The van der Waals surface area contributed by atoms with Gasteiger partial charge in [-0.1, -0.05) is 26.0 Å². The third kappa shape index (κ3) is 5.35. The van der Waals surface area contributed by atoms with Gasteiger partial charge in [0.15, 0.2) is 0 Å². The molecular formula is C28H35N3O7. The van der Waals surface area contributed by atoms with Gasteiger partial charge in [0.2, 0.25) is 0 Å². The summed E-state index contributed by atoms with van der Waals surface area (Å²) in [5, 5.41) is 11.5. The standard InChI is InChI=1S/C28H35N3O7/c1-7-30(8-2)14-9-15-31-23(18-10-12-19(13-11-18)27(35)37-5)21(25(33)26(31)34)24(32)20-16(3)22(28(36)38-6)29-17(20)4/h10-13,23,29,32H,7-9,14-15H2,1-6H3/b24-21+. The number of hydrogen-bond acceptors (Lipinski definition) is 8. The fraction of sp³-hybridized carbons (Fsp3) is 0.429. The van der Waals surface area contributed by atoms with Gasteiger partial charge < -0.3 is 29.4 Å². The molecule has 1 aliphatic rings. The summed E-state index contributed by atoms with van der Waals surface area (Å²) in [6.45, 7) is 10.2. The van der Waals surface area contributed by atoms with Crippen molar-refractivity contribution in [1.82, 2.24) is 14.8 Å². The zero-order valence-corrected chi connectivity index (χ0v) is 22.7. The zero-order valence-electron chi connectivity index (χ0n) is 22.7. The number of aromatic nitrogens is 1. The smallest absolute Gasteiger partial charge is 0.354 e. The number of carbonyl (C=O) groups excluding carboxylic acids is 4. The number of likely N-dealkylation sites (tertiary alicyclic amines) is 1. The van der Waals surface area contributed by atoms with Gasteiger partial charge in [0.05, 0.1) is 31.4 Å². The van der Waals surface area contributed by atoms with Crippen LogP contribution in [0.2, 0.25) is 0 Å². The van der Waals surface area contributed by atoms with Crippen LogP contribution < -0.4 is 0 Å². The van der Waals surface area contributed by atoms with Gasteiger partial charge in [0.25, 0.3) is 11.7 Å². The number of ketones is 1. The van der Waals surface area contributed by atoms with E-state index in [1.165, 1.54) is 19.1 Å². The molecule has 1 atom stereocenters. The number of carbonyl (C=O) groups is 4. The van der Waals surface area contributed by atoms with Gasteiger partial charge in [0, 0.05) is 17.8 Å². The molecule has 0 spiro atoms. The molecule has 0 aliphatic carbocycles. The van der Waals surface area contributed by atoms with Crippen molar-refractivity contribution in [3.05, 3.63) is 63.5 Å². The lowest BCUT2D eigenvalue weighted by molar-refractivity contribution is -0.140. The first-order valence-electron chi connectivity index (χ1n) is 12.6. The highest BCUT2D eigenvalue weighted by molar-refractivity contribution is 6.46. The lowest BCUT2D eigenvalue weighted by atomic mass is 9.93. The summed E-state index contributed by atoms with van der Waals surface area (Å²) >= 11 is 0. The van der Waals surface area contributed by atoms with Gasteiger partial charge >= 0.3 is 11.9 Å². The van der Waals surface area contributed by atoms with Crippen molar-refractivity contribution in [1.29, 1.82) is 0 Å². The molecule has 1 saturated heterocycles. The number of esters is 2. The van der Waals surface area contributed by atoms with Crippen molar-refractivity contribution >= 4 is 29.4 Å². The van der Waals surface area contributed by atoms with Crippen LogP contribution >= 0.6 is 0 Å². The number of aryl methyl sites for hydroxylation is 1. The number of nitrogens with zero attached hydrogens (tertiary/aromatic N) is 2. The lowest BCUT2D eigenvalue weighted by Crippen LogP contribution is -2.33. The number of Topliss-reactive ketones (excluding diaryl/α,β-unsaturated/α-hetero) is 1. The molecule has 1 fully saturated rings. The second-order valence-electron chi connectivity index (χ2n) is 9.10. The Morgan fingerprint density at radius 3 is 2.18 bits per heavy atom. The van der Waals surface area contributed by atoms with E-state index < -0.39 is 29.7 Å². The van der Waals surface area contributed by atoms with Gasteiger partial charge in [-0.2, -0.15) is 0 Å². The normalized spacial score (nSPS) is 16.8. The molecule has 3 rings (SSSR count). The Balaban J connectivity index is 2.14. The molecule has 1 unspecified atom stereocenters. The van der Waals surface area contributed by atoms with Crippen molar-refractivity contribution in [3.8, 4) is 0 Å². The molecule has 0 radical (unpaired) electrons. The van der Waals surface area contributed by atoms with Crippen molar-refractivity contribution < 1.29 is 33.8 Å². The number of benzene rings is 1. The largest absolute Gasteiger partial charge is 0.507 e. The molecule has 0 saturated carbocycles. The van der Waals surface area contributed by atoms with Crippen LogP contribution in [0.4, 0.5) is 0 Å². The average Bonchev–Trinajstić information content (AvgIpc) is 3.36. The number of aliphatic hydroxyl groups excluding tert-OH is 1. The summed E-state index contributed by atoms with van der Waals surface area (Å²) in [5.41, 5.74) is 2.06. The maximum Gasteiger partial charge on any atom is 0.354 e. The van der Waals surface area contributed by atoms with E-state index in [9.17, 15) is 24.3 Å². The summed E-state index contributed by atoms with van der Waals surface area (Å²) in [6, 6.07) is 5.52. The Hall–Kier alpha value is -3.92. The SMILES string of the molecule is CCN(CC)CCCN1C(=O)C(=O)/C(=C(/O)c2c(C)[nH]c(C(=O)OC)c2C)C1c1ccc(C(=O)OC)cc1. The Morgan fingerprint density at radius 2 is 1.63 bits per heavy atom. The first kappa shape index (κ1) is 28.6. The van der Waals surface area contributed by atoms with Gasteiger partial charge in [-0.15, -0.1) is 0 Å². The van der Waals surface area contributed by atoms with E-state index in [0.29, 0.717) is 35.3 Å². The monoisotopic (exact) mass is 525 g/mol. The molecule has 10 heteroatoms. The maximum atomic E-state index is 13.4. The Morgan fingerprint density at radius 1 is 1.03 bits per heavy atom. The average molecular weight is 526 g/mol. The number of methoxy groups -OCH3 is 2. The van der Waals surface area contributed by atoms with E-state index in [4.69, 9.17) is 9.47 Å². The van der Waals surface area contributed by atoms with E-state index >= 15 is 0 Å². The van der Waals surface area contributed by atoms with Crippen LogP contribution in [0.3, 0.4) is 0 Å². The summed E-state index contributed by atoms with van der Waals surface area (Å²) in [5.74, 6) is -3.03. The van der Waals surface area contributed by atoms with Crippen molar-refractivity contribution in [2.45, 2.75) is 40.2 Å². The lowest BCUT2D eigenvalue weighted by Gasteiger charge is -2.27. The maximum absolute atomic E-state index is 13.4. The molecule has 1 aromatic carbocycles. The number of nitrogens with one attached hydrogen (secondary N) is 1.